The second-order valence-electron chi connectivity index (χ2n) is 3.57. The van der Waals surface area contributed by atoms with E-state index in [9.17, 15) is 0 Å². The Morgan fingerprint density at radius 3 is 2.87 bits per heavy atom. The van der Waals surface area contributed by atoms with Gasteiger partial charge in [0.15, 0.2) is 0 Å². The summed E-state index contributed by atoms with van der Waals surface area (Å²) in [5, 5.41) is 1.89. The minimum absolute atomic E-state index is 0.923. The summed E-state index contributed by atoms with van der Waals surface area (Å²) < 4.78 is 0. The predicted molar refractivity (Wildman–Crippen MR) is 58.7 cm³/mol. The molecular formula is C13H10N2. The van der Waals surface area contributed by atoms with Gasteiger partial charge in [0.1, 0.15) is 0 Å². The number of allylic oxidation sites excluding steroid dienone is 4. The summed E-state index contributed by atoms with van der Waals surface area (Å²) in [6, 6.07) is 7.95. The van der Waals surface area contributed by atoms with Gasteiger partial charge in [-0.1, -0.05) is 24.3 Å². The number of rotatable bonds is 0. The molecule has 1 aliphatic heterocycles. The van der Waals surface area contributed by atoms with Crippen molar-refractivity contribution in [2.45, 2.75) is 6.42 Å². The molecule has 0 fully saturated rings. The second kappa shape index (κ2) is 3.31. The van der Waals surface area contributed by atoms with Crippen LogP contribution in [0.5, 0.6) is 0 Å². The van der Waals surface area contributed by atoms with Gasteiger partial charge in [0, 0.05) is 6.20 Å². The van der Waals surface area contributed by atoms with Crippen molar-refractivity contribution in [3.63, 3.8) is 0 Å². The van der Waals surface area contributed by atoms with E-state index in [1.54, 1.807) is 0 Å². The predicted octanol–water partition coefficient (Wildman–Crippen LogP) is 1.67. The highest BCUT2D eigenvalue weighted by atomic mass is 14.8. The van der Waals surface area contributed by atoms with Gasteiger partial charge in [-0.15, -0.1) is 0 Å². The van der Waals surface area contributed by atoms with Crippen molar-refractivity contribution in [1.29, 1.82) is 0 Å². The lowest BCUT2D eigenvalue weighted by Gasteiger charge is -2.05. The second-order valence-corrected chi connectivity index (χ2v) is 3.57. The molecule has 1 aromatic carbocycles. The zero-order valence-corrected chi connectivity index (χ0v) is 8.22. The molecule has 2 heteroatoms. The van der Waals surface area contributed by atoms with Crippen LogP contribution in [0.3, 0.4) is 0 Å². The van der Waals surface area contributed by atoms with Gasteiger partial charge >= 0.3 is 0 Å². The van der Waals surface area contributed by atoms with Crippen molar-refractivity contribution in [3.05, 3.63) is 70.7 Å². The Morgan fingerprint density at radius 2 is 1.93 bits per heavy atom. The van der Waals surface area contributed by atoms with E-state index in [1.807, 2.05) is 42.6 Å². The molecule has 0 N–H and O–H groups in total. The third-order valence-electron chi connectivity index (χ3n) is 2.54. The van der Waals surface area contributed by atoms with Crippen molar-refractivity contribution in [3.8, 4) is 0 Å². The number of para-hydroxylation sites is 2. The molecule has 0 aromatic heterocycles. The Kier molecular flexibility index (Phi) is 1.85. The number of fused-ring (bicyclic) bond motifs is 2. The van der Waals surface area contributed by atoms with E-state index in [2.05, 4.69) is 16.1 Å². The maximum absolute atomic E-state index is 4.61. The molecule has 0 spiro atoms. The summed E-state index contributed by atoms with van der Waals surface area (Å²) in [4.78, 5) is 9.05. The lowest BCUT2D eigenvalue weighted by molar-refractivity contribution is 1.12. The van der Waals surface area contributed by atoms with E-state index in [-0.39, 0.29) is 0 Å². The molecule has 2 aliphatic rings. The van der Waals surface area contributed by atoms with Gasteiger partial charge < -0.3 is 0 Å². The van der Waals surface area contributed by atoms with Crippen LogP contribution in [0.2, 0.25) is 0 Å². The van der Waals surface area contributed by atoms with Gasteiger partial charge in [-0.3, -0.25) is 4.99 Å². The highest BCUT2D eigenvalue weighted by molar-refractivity contribution is 5.39. The maximum Gasteiger partial charge on any atom is 0.0893 e. The standard InChI is InChI=1S/C13H10N2/c1-2-6-11-10(5-1)9-14-12-7-3-4-8-13(12)15-11/h1-4,6-9H,5H2. The summed E-state index contributed by atoms with van der Waals surface area (Å²) in [7, 11) is 0. The SMILES string of the molecule is C1=CCC2=CN=c3ccccc3=NC2=C1. The van der Waals surface area contributed by atoms with Crippen molar-refractivity contribution in [2.24, 2.45) is 9.98 Å². The Bertz CT molecular complexity index is 604. The van der Waals surface area contributed by atoms with Crippen LogP contribution in [-0.2, 0) is 0 Å². The number of hydrogen-bond acceptors (Lipinski definition) is 2. The van der Waals surface area contributed by atoms with Gasteiger partial charge in [-0.2, -0.15) is 0 Å². The topological polar surface area (TPSA) is 24.7 Å². The van der Waals surface area contributed by atoms with Crippen LogP contribution in [0, 0.1) is 0 Å². The highest BCUT2D eigenvalue weighted by Crippen LogP contribution is 2.20. The van der Waals surface area contributed by atoms with Crippen LogP contribution in [0.25, 0.3) is 0 Å². The van der Waals surface area contributed by atoms with Crippen molar-refractivity contribution in [2.75, 3.05) is 0 Å². The molecule has 15 heavy (non-hydrogen) atoms. The molecule has 72 valence electrons. The smallest absolute Gasteiger partial charge is 0.0893 e. The fourth-order valence-corrected chi connectivity index (χ4v) is 1.74. The normalized spacial score (nSPS) is 17.3. The highest BCUT2D eigenvalue weighted by Gasteiger charge is 2.07. The summed E-state index contributed by atoms with van der Waals surface area (Å²) in [5.74, 6) is 0. The maximum atomic E-state index is 4.61. The third-order valence-corrected chi connectivity index (χ3v) is 2.54. The molecule has 1 aliphatic carbocycles. The number of benzene rings is 1. The molecule has 0 amide bonds. The fourth-order valence-electron chi connectivity index (χ4n) is 1.74. The van der Waals surface area contributed by atoms with E-state index in [0.29, 0.717) is 0 Å². The van der Waals surface area contributed by atoms with E-state index in [0.717, 1.165) is 22.8 Å². The first kappa shape index (κ1) is 8.36. The molecule has 0 bridgehead atoms. The quantitative estimate of drug-likeness (QED) is 0.600. The van der Waals surface area contributed by atoms with Crippen LogP contribution in [0.15, 0.2) is 69.9 Å². The average molecular weight is 194 g/mol. The molecule has 0 unspecified atom stereocenters. The Balaban J connectivity index is 2.32. The number of nitrogens with zero attached hydrogens (tertiary/aromatic N) is 2. The monoisotopic (exact) mass is 194 g/mol. The Hall–Kier alpha value is -1.96. The zero-order chi connectivity index (χ0) is 10.1. The average Bonchev–Trinajstić information content (AvgIpc) is 2.48. The third kappa shape index (κ3) is 1.44. The van der Waals surface area contributed by atoms with E-state index < -0.39 is 0 Å². The van der Waals surface area contributed by atoms with Crippen LogP contribution in [0.4, 0.5) is 0 Å². The van der Waals surface area contributed by atoms with E-state index in [4.69, 9.17) is 0 Å². The summed E-state index contributed by atoms with van der Waals surface area (Å²) in [6.45, 7) is 0. The van der Waals surface area contributed by atoms with Gasteiger partial charge in [0.2, 0.25) is 0 Å². The minimum atomic E-state index is 0.923. The van der Waals surface area contributed by atoms with Gasteiger partial charge in [-0.25, -0.2) is 4.99 Å². The van der Waals surface area contributed by atoms with Gasteiger partial charge in [-0.05, 0) is 30.2 Å². The Morgan fingerprint density at radius 1 is 1.07 bits per heavy atom. The molecule has 1 heterocycles. The number of hydrogen-bond donors (Lipinski definition) is 0. The van der Waals surface area contributed by atoms with Crippen LogP contribution in [0.1, 0.15) is 6.42 Å². The molecule has 3 rings (SSSR count). The summed E-state index contributed by atoms with van der Waals surface area (Å²) in [5.41, 5.74) is 2.22. The Labute approximate surface area is 87.7 Å². The summed E-state index contributed by atoms with van der Waals surface area (Å²) >= 11 is 0. The van der Waals surface area contributed by atoms with Gasteiger partial charge in [0.05, 0.1) is 16.4 Å². The molecule has 1 aromatic rings. The molecule has 0 saturated heterocycles. The van der Waals surface area contributed by atoms with E-state index in [1.165, 1.54) is 5.57 Å². The van der Waals surface area contributed by atoms with E-state index >= 15 is 0 Å². The molecular weight excluding hydrogens is 184 g/mol. The fraction of sp³-hybridized carbons (Fsp3) is 0.0769. The minimum Gasteiger partial charge on any atom is -0.254 e. The summed E-state index contributed by atoms with van der Waals surface area (Å²) in [6.07, 6.45) is 9.05. The van der Waals surface area contributed by atoms with Crippen molar-refractivity contribution in [1.82, 2.24) is 0 Å². The first-order chi connectivity index (χ1) is 7.43. The molecule has 0 radical (unpaired) electrons. The van der Waals surface area contributed by atoms with Crippen LogP contribution in [-0.4, -0.2) is 0 Å². The van der Waals surface area contributed by atoms with Gasteiger partial charge in [0.25, 0.3) is 0 Å². The van der Waals surface area contributed by atoms with Crippen LogP contribution >= 0.6 is 0 Å². The molecule has 0 saturated carbocycles. The lowest BCUT2D eigenvalue weighted by Crippen LogP contribution is -2.23. The first-order valence-corrected chi connectivity index (χ1v) is 5.01. The lowest BCUT2D eigenvalue weighted by atomic mass is 10.1. The van der Waals surface area contributed by atoms with Crippen molar-refractivity contribution >= 4 is 0 Å². The largest absolute Gasteiger partial charge is 0.254 e. The molecule has 2 nitrogen and oxygen atoms in total. The first-order valence-electron chi connectivity index (χ1n) is 5.01. The van der Waals surface area contributed by atoms with Crippen LogP contribution < -0.4 is 10.7 Å². The zero-order valence-electron chi connectivity index (χ0n) is 8.22. The van der Waals surface area contributed by atoms with Crippen molar-refractivity contribution < 1.29 is 0 Å². The molecule has 0 atom stereocenters.